The lowest BCUT2D eigenvalue weighted by atomic mass is 9.98. The highest BCUT2D eigenvalue weighted by Crippen LogP contribution is 2.28. The van der Waals surface area contributed by atoms with Gasteiger partial charge in [0.25, 0.3) is 0 Å². The first-order valence-corrected chi connectivity index (χ1v) is 7.42. The Kier molecular flexibility index (Phi) is 6.09. The normalized spacial score (nSPS) is 23.2. The van der Waals surface area contributed by atoms with Crippen LogP contribution in [0.5, 0.6) is 0 Å². The number of morpholine rings is 1. The third-order valence-electron chi connectivity index (χ3n) is 3.41. The van der Waals surface area contributed by atoms with Crippen LogP contribution >= 0.6 is 0 Å². The van der Waals surface area contributed by atoms with E-state index < -0.39 is 0 Å². The molecule has 0 bridgehead atoms. The van der Waals surface area contributed by atoms with Gasteiger partial charge in [0, 0.05) is 13.1 Å². The lowest BCUT2D eigenvalue weighted by Gasteiger charge is -2.47. The highest BCUT2D eigenvalue weighted by molar-refractivity contribution is 4.88. The molecule has 0 aliphatic carbocycles. The van der Waals surface area contributed by atoms with Crippen LogP contribution in [0.25, 0.3) is 0 Å². The van der Waals surface area contributed by atoms with Crippen molar-refractivity contribution in [3.8, 4) is 0 Å². The molecule has 1 aliphatic rings. The quantitative estimate of drug-likeness (QED) is 0.709. The number of rotatable bonds is 7. The standard InChI is InChI=1S/C15H32N2O/c1-14(2)12-17(13-15(3,4)18-14)11-9-7-6-8-10-16-5/h16H,6-13H2,1-5H3. The van der Waals surface area contributed by atoms with Crippen LogP contribution in [0.1, 0.15) is 53.4 Å². The van der Waals surface area contributed by atoms with Crippen molar-refractivity contribution >= 4 is 0 Å². The van der Waals surface area contributed by atoms with Gasteiger partial charge in [0.1, 0.15) is 0 Å². The van der Waals surface area contributed by atoms with Gasteiger partial charge in [-0.25, -0.2) is 0 Å². The summed E-state index contributed by atoms with van der Waals surface area (Å²) in [5.74, 6) is 0. The van der Waals surface area contributed by atoms with Crippen molar-refractivity contribution < 1.29 is 4.74 Å². The molecule has 0 saturated carbocycles. The van der Waals surface area contributed by atoms with Gasteiger partial charge < -0.3 is 10.1 Å². The summed E-state index contributed by atoms with van der Waals surface area (Å²) in [6.07, 6.45) is 5.31. The smallest absolute Gasteiger partial charge is 0.0760 e. The molecule has 1 aliphatic heterocycles. The third kappa shape index (κ3) is 6.17. The van der Waals surface area contributed by atoms with Crippen molar-refractivity contribution in [2.24, 2.45) is 0 Å². The number of ether oxygens (including phenoxy) is 1. The molecule has 3 nitrogen and oxygen atoms in total. The Morgan fingerprint density at radius 1 is 0.944 bits per heavy atom. The van der Waals surface area contributed by atoms with Gasteiger partial charge in [0.2, 0.25) is 0 Å². The molecule has 0 aromatic carbocycles. The average molecular weight is 256 g/mol. The van der Waals surface area contributed by atoms with Gasteiger partial charge in [-0.3, -0.25) is 4.90 Å². The van der Waals surface area contributed by atoms with Crippen molar-refractivity contribution in [1.82, 2.24) is 10.2 Å². The van der Waals surface area contributed by atoms with Crippen LogP contribution in [0.2, 0.25) is 0 Å². The van der Waals surface area contributed by atoms with Crippen LogP contribution in [0, 0.1) is 0 Å². The van der Waals surface area contributed by atoms with E-state index in [1.54, 1.807) is 0 Å². The Bertz CT molecular complexity index is 223. The second-order valence-corrected chi connectivity index (χ2v) is 6.85. The monoisotopic (exact) mass is 256 g/mol. The van der Waals surface area contributed by atoms with Gasteiger partial charge in [0.05, 0.1) is 11.2 Å². The fraction of sp³-hybridized carbons (Fsp3) is 1.00. The predicted octanol–water partition coefficient (Wildman–Crippen LogP) is 2.66. The van der Waals surface area contributed by atoms with Gasteiger partial charge in [-0.05, 0) is 60.7 Å². The van der Waals surface area contributed by atoms with Gasteiger partial charge >= 0.3 is 0 Å². The minimum atomic E-state index is -0.00607. The zero-order valence-corrected chi connectivity index (χ0v) is 13.0. The summed E-state index contributed by atoms with van der Waals surface area (Å²) >= 11 is 0. The van der Waals surface area contributed by atoms with Crippen LogP contribution < -0.4 is 5.32 Å². The maximum absolute atomic E-state index is 6.10. The second-order valence-electron chi connectivity index (χ2n) is 6.85. The molecule has 0 aromatic rings. The first-order valence-electron chi connectivity index (χ1n) is 7.42. The zero-order valence-electron chi connectivity index (χ0n) is 13.0. The van der Waals surface area contributed by atoms with Gasteiger partial charge in [-0.15, -0.1) is 0 Å². The van der Waals surface area contributed by atoms with Crippen LogP contribution in [0.4, 0.5) is 0 Å². The largest absolute Gasteiger partial charge is 0.367 e. The van der Waals surface area contributed by atoms with E-state index in [9.17, 15) is 0 Å². The summed E-state index contributed by atoms with van der Waals surface area (Å²) in [6, 6.07) is 0. The van der Waals surface area contributed by atoms with Crippen molar-refractivity contribution in [1.29, 1.82) is 0 Å². The number of nitrogens with one attached hydrogen (secondary N) is 1. The molecule has 0 spiro atoms. The Balaban J connectivity index is 2.21. The fourth-order valence-electron chi connectivity index (χ4n) is 3.09. The molecule has 1 saturated heterocycles. The summed E-state index contributed by atoms with van der Waals surface area (Å²) in [4.78, 5) is 2.57. The van der Waals surface area contributed by atoms with E-state index in [2.05, 4.69) is 37.9 Å². The minimum Gasteiger partial charge on any atom is -0.367 e. The minimum absolute atomic E-state index is 0.00607. The van der Waals surface area contributed by atoms with Crippen molar-refractivity contribution in [2.75, 3.05) is 33.2 Å². The maximum Gasteiger partial charge on any atom is 0.0760 e. The lowest BCUT2D eigenvalue weighted by molar-refractivity contribution is -0.180. The molecular weight excluding hydrogens is 224 g/mol. The number of hydrogen-bond donors (Lipinski definition) is 1. The molecular formula is C15H32N2O. The second kappa shape index (κ2) is 6.88. The Morgan fingerprint density at radius 2 is 1.50 bits per heavy atom. The summed E-state index contributed by atoms with van der Waals surface area (Å²) in [7, 11) is 2.03. The molecule has 0 aromatic heterocycles. The topological polar surface area (TPSA) is 24.5 Å². The molecule has 0 radical (unpaired) electrons. The molecule has 1 rings (SSSR count). The van der Waals surface area contributed by atoms with Crippen LogP contribution in [0.15, 0.2) is 0 Å². The SMILES string of the molecule is CNCCCCCCN1CC(C)(C)OC(C)(C)C1. The van der Waals surface area contributed by atoms with Gasteiger partial charge in [0.15, 0.2) is 0 Å². The Labute approximate surface area is 113 Å². The van der Waals surface area contributed by atoms with Crippen LogP contribution in [0.3, 0.4) is 0 Å². The van der Waals surface area contributed by atoms with E-state index in [0.29, 0.717) is 0 Å². The molecule has 0 atom stereocenters. The van der Waals surface area contributed by atoms with E-state index in [4.69, 9.17) is 4.74 Å². The zero-order chi connectivity index (χ0) is 13.6. The highest BCUT2D eigenvalue weighted by atomic mass is 16.5. The molecule has 1 N–H and O–H groups in total. The third-order valence-corrected chi connectivity index (χ3v) is 3.41. The summed E-state index contributed by atoms with van der Waals surface area (Å²) < 4.78 is 6.10. The number of unbranched alkanes of at least 4 members (excludes halogenated alkanes) is 3. The van der Waals surface area contributed by atoms with E-state index >= 15 is 0 Å². The predicted molar refractivity (Wildman–Crippen MR) is 78.1 cm³/mol. The summed E-state index contributed by atoms with van der Waals surface area (Å²) in [5, 5.41) is 3.20. The lowest BCUT2D eigenvalue weighted by Crippen LogP contribution is -2.57. The van der Waals surface area contributed by atoms with Gasteiger partial charge in [-0.2, -0.15) is 0 Å². The van der Waals surface area contributed by atoms with Crippen molar-refractivity contribution in [3.05, 3.63) is 0 Å². The molecule has 18 heavy (non-hydrogen) atoms. The first-order chi connectivity index (χ1) is 8.35. The summed E-state index contributed by atoms with van der Waals surface area (Å²) in [5.41, 5.74) is -0.0121. The van der Waals surface area contributed by atoms with E-state index in [1.807, 2.05) is 7.05 Å². The molecule has 0 amide bonds. The molecule has 1 fully saturated rings. The summed E-state index contributed by atoms with van der Waals surface area (Å²) in [6.45, 7) is 13.3. The first kappa shape index (κ1) is 15.9. The number of hydrogen-bond acceptors (Lipinski definition) is 3. The number of nitrogens with zero attached hydrogens (tertiary/aromatic N) is 1. The average Bonchev–Trinajstić information content (AvgIpc) is 2.18. The van der Waals surface area contributed by atoms with Crippen molar-refractivity contribution in [3.63, 3.8) is 0 Å². The van der Waals surface area contributed by atoms with Gasteiger partial charge in [-0.1, -0.05) is 12.8 Å². The molecule has 108 valence electrons. The molecule has 3 heteroatoms. The van der Waals surface area contributed by atoms with Crippen LogP contribution in [-0.4, -0.2) is 49.3 Å². The Morgan fingerprint density at radius 3 is 2.06 bits per heavy atom. The van der Waals surface area contributed by atoms with E-state index in [-0.39, 0.29) is 11.2 Å². The van der Waals surface area contributed by atoms with Crippen LogP contribution in [-0.2, 0) is 4.74 Å². The van der Waals surface area contributed by atoms with E-state index in [1.165, 1.54) is 32.2 Å². The Hall–Kier alpha value is -0.120. The molecule has 0 unspecified atom stereocenters. The van der Waals surface area contributed by atoms with Crippen molar-refractivity contribution in [2.45, 2.75) is 64.6 Å². The maximum atomic E-state index is 6.10. The fourth-order valence-corrected chi connectivity index (χ4v) is 3.09. The van der Waals surface area contributed by atoms with E-state index in [0.717, 1.165) is 19.6 Å². The highest BCUT2D eigenvalue weighted by Gasteiger charge is 2.37. The molecule has 1 heterocycles.